The van der Waals surface area contributed by atoms with Crippen LogP contribution >= 0.6 is 0 Å². The summed E-state index contributed by atoms with van der Waals surface area (Å²) in [5, 5.41) is 2.46. The Bertz CT molecular complexity index is 712. The van der Waals surface area contributed by atoms with Crippen molar-refractivity contribution in [2.45, 2.75) is 51.5 Å². The molecule has 2 aromatic rings. The number of carbonyl (C=O) groups excluding carboxylic acids is 1. The van der Waals surface area contributed by atoms with Crippen molar-refractivity contribution in [1.29, 1.82) is 0 Å². The van der Waals surface area contributed by atoms with E-state index in [1.807, 2.05) is 12.1 Å². The second kappa shape index (κ2) is 10.5. The average Bonchev–Trinajstić information content (AvgIpc) is 2.69. The van der Waals surface area contributed by atoms with Crippen LogP contribution in [-0.4, -0.2) is 21.2 Å². The largest absolute Gasteiger partial charge is 0.407 e. The van der Waals surface area contributed by atoms with Gasteiger partial charge in [0.1, 0.15) is 6.29 Å². The zero-order valence-electron chi connectivity index (χ0n) is 17.2. The van der Waals surface area contributed by atoms with E-state index in [1.54, 1.807) is 0 Å². The Morgan fingerprint density at radius 3 is 1.96 bits per heavy atom. The highest BCUT2D eigenvalue weighted by atomic mass is 28.4. The van der Waals surface area contributed by atoms with Gasteiger partial charge in [0.15, 0.2) is 0 Å². The highest BCUT2D eigenvalue weighted by Crippen LogP contribution is 2.36. The normalized spacial score (nSPS) is 12.8. The second-order valence-corrected chi connectivity index (χ2v) is 12.3. The first-order chi connectivity index (χ1) is 13.4. The SMILES string of the molecule is CC(C)(C)[Si](OCCCC/C(F)=C\CC=O)(c1ccccc1)c1ccccc1. The molecule has 0 aliphatic heterocycles. The number of rotatable bonds is 10. The summed E-state index contributed by atoms with van der Waals surface area (Å²) in [6, 6.07) is 21.0. The Morgan fingerprint density at radius 2 is 1.50 bits per heavy atom. The molecule has 4 heteroatoms. The number of benzene rings is 2. The molecule has 0 radical (unpaired) electrons. The van der Waals surface area contributed by atoms with Crippen molar-refractivity contribution < 1.29 is 13.6 Å². The highest BCUT2D eigenvalue weighted by Gasteiger charge is 2.49. The van der Waals surface area contributed by atoms with Crippen LogP contribution in [0.1, 0.15) is 46.5 Å². The number of aldehydes is 1. The molecular formula is C24H31FO2Si. The van der Waals surface area contributed by atoms with Crippen LogP contribution in [-0.2, 0) is 9.22 Å². The van der Waals surface area contributed by atoms with Gasteiger partial charge < -0.3 is 9.22 Å². The van der Waals surface area contributed by atoms with Crippen molar-refractivity contribution in [2.75, 3.05) is 6.61 Å². The molecule has 0 aromatic heterocycles. The molecule has 0 saturated heterocycles. The van der Waals surface area contributed by atoms with Crippen LogP contribution in [0.4, 0.5) is 4.39 Å². The van der Waals surface area contributed by atoms with E-state index in [2.05, 4.69) is 69.3 Å². The van der Waals surface area contributed by atoms with Crippen molar-refractivity contribution in [3.63, 3.8) is 0 Å². The van der Waals surface area contributed by atoms with Crippen LogP contribution in [0.15, 0.2) is 72.6 Å². The molecule has 0 bridgehead atoms. The van der Waals surface area contributed by atoms with E-state index in [0.717, 1.165) is 6.42 Å². The summed E-state index contributed by atoms with van der Waals surface area (Å²) in [5.74, 6) is -0.211. The predicted octanol–water partition coefficient (Wildman–Crippen LogP) is 5.18. The summed E-state index contributed by atoms with van der Waals surface area (Å²) in [4.78, 5) is 10.3. The minimum absolute atomic E-state index is 0.0508. The molecule has 0 amide bonds. The van der Waals surface area contributed by atoms with Gasteiger partial charge in [0.25, 0.3) is 8.32 Å². The summed E-state index contributed by atoms with van der Waals surface area (Å²) in [5.41, 5.74) is 0. The fourth-order valence-electron chi connectivity index (χ4n) is 3.66. The Kier molecular flexibility index (Phi) is 8.33. The van der Waals surface area contributed by atoms with Gasteiger partial charge in [-0.3, -0.25) is 0 Å². The fraction of sp³-hybridized carbons (Fsp3) is 0.375. The minimum atomic E-state index is -2.50. The summed E-state index contributed by atoms with van der Waals surface area (Å²) in [6.45, 7) is 7.34. The van der Waals surface area contributed by atoms with Gasteiger partial charge in [0, 0.05) is 13.0 Å². The Morgan fingerprint density at radius 1 is 0.964 bits per heavy atom. The molecule has 150 valence electrons. The first-order valence-electron chi connectivity index (χ1n) is 9.95. The zero-order valence-corrected chi connectivity index (χ0v) is 18.2. The van der Waals surface area contributed by atoms with Crippen molar-refractivity contribution in [3.8, 4) is 0 Å². The van der Waals surface area contributed by atoms with Gasteiger partial charge in [-0.05, 0) is 40.8 Å². The van der Waals surface area contributed by atoms with Crippen molar-refractivity contribution >= 4 is 25.0 Å². The van der Waals surface area contributed by atoms with Crippen LogP contribution < -0.4 is 10.4 Å². The molecule has 2 aromatic carbocycles. The number of allylic oxidation sites excluding steroid dienone is 2. The molecule has 0 unspecified atom stereocenters. The third kappa shape index (κ3) is 5.49. The Hall–Kier alpha value is -2.04. The molecule has 2 rings (SSSR count). The van der Waals surface area contributed by atoms with Gasteiger partial charge in [-0.1, -0.05) is 81.4 Å². The van der Waals surface area contributed by atoms with Crippen LogP contribution in [0.3, 0.4) is 0 Å². The summed E-state index contributed by atoms with van der Waals surface area (Å²) >= 11 is 0. The van der Waals surface area contributed by atoms with Crippen LogP contribution in [0.2, 0.25) is 5.04 Å². The number of hydrogen-bond acceptors (Lipinski definition) is 2. The molecule has 0 fully saturated rings. The van der Waals surface area contributed by atoms with E-state index >= 15 is 0 Å². The first-order valence-corrected chi connectivity index (χ1v) is 11.9. The average molecular weight is 399 g/mol. The maximum absolute atomic E-state index is 13.6. The third-order valence-electron chi connectivity index (χ3n) is 4.98. The lowest BCUT2D eigenvalue weighted by molar-refractivity contribution is -0.107. The molecule has 0 aliphatic carbocycles. The number of hydrogen-bond donors (Lipinski definition) is 0. The minimum Gasteiger partial charge on any atom is -0.407 e. The van der Waals surface area contributed by atoms with Gasteiger partial charge in [-0.25, -0.2) is 4.39 Å². The van der Waals surface area contributed by atoms with Gasteiger partial charge in [0.2, 0.25) is 0 Å². The number of halogens is 1. The molecule has 28 heavy (non-hydrogen) atoms. The molecule has 0 spiro atoms. The third-order valence-corrected chi connectivity index (χ3v) is 10.0. The van der Waals surface area contributed by atoms with E-state index in [-0.39, 0.29) is 17.3 Å². The first kappa shape index (κ1) is 22.2. The fourth-order valence-corrected chi connectivity index (χ4v) is 8.27. The topological polar surface area (TPSA) is 26.3 Å². The Labute approximate surface area is 169 Å². The summed E-state index contributed by atoms with van der Waals surface area (Å²) in [6.07, 6.45) is 4.07. The van der Waals surface area contributed by atoms with Gasteiger partial charge in [-0.2, -0.15) is 0 Å². The van der Waals surface area contributed by atoms with Crippen LogP contribution in [0.25, 0.3) is 0 Å². The lowest BCUT2D eigenvalue weighted by Crippen LogP contribution is -2.66. The van der Waals surface area contributed by atoms with Crippen LogP contribution in [0.5, 0.6) is 0 Å². The van der Waals surface area contributed by atoms with E-state index in [0.29, 0.717) is 25.7 Å². The maximum atomic E-state index is 13.6. The number of carbonyl (C=O) groups is 1. The van der Waals surface area contributed by atoms with Gasteiger partial charge in [0.05, 0.1) is 5.83 Å². The van der Waals surface area contributed by atoms with Gasteiger partial charge >= 0.3 is 0 Å². The quantitative estimate of drug-likeness (QED) is 0.313. The van der Waals surface area contributed by atoms with Crippen molar-refractivity contribution in [3.05, 3.63) is 72.6 Å². The standard InChI is InChI=1S/C24H31FO2Si/c1-24(2,3)28(22-15-6-4-7-16-22,23-17-8-5-9-18-23)27-20-11-10-13-21(25)14-12-19-26/h4-9,14-19H,10-13,20H2,1-3H3/b21-14+. The van der Waals surface area contributed by atoms with E-state index in [4.69, 9.17) is 4.43 Å². The second-order valence-electron chi connectivity index (χ2n) is 8.02. The molecule has 0 heterocycles. The van der Waals surface area contributed by atoms with E-state index in [9.17, 15) is 9.18 Å². The van der Waals surface area contributed by atoms with Crippen LogP contribution in [0, 0.1) is 0 Å². The molecule has 0 N–H and O–H groups in total. The molecule has 2 nitrogen and oxygen atoms in total. The molecule has 0 saturated carbocycles. The summed E-state index contributed by atoms with van der Waals surface area (Å²) in [7, 11) is -2.50. The number of unbranched alkanes of at least 4 members (excludes halogenated alkanes) is 1. The van der Waals surface area contributed by atoms with Gasteiger partial charge in [-0.15, -0.1) is 0 Å². The highest BCUT2D eigenvalue weighted by molar-refractivity contribution is 6.99. The predicted molar refractivity (Wildman–Crippen MR) is 117 cm³/mol. The molecule has 0 aliphatic rings. The zero-order chi connectivity index (χ0) is 20.5. The van der Waals surface area contributed by atoms with E-state index < -0.39 is 8.32 Å². The van der Waals surface area contributed by atoms with Crippen molar-refractivity contribution in [2.24, 2.45) is 0 Å². The lowest BCUT2D eigenvalue weighted by Gasteiger charge is -2.43. The smallest absolute Gasteiger partial charge is 0.261 e. The Balaban J connectivity index is 2.21. The molecular weight excluding hydrogens is 367 g/mol. The lowest BCUT2D eigenvalue weighted by atomic mass is 10.2. The van der Waals surface area contributed by atoms with Crippen molar-refractivity contribution in [1.82, 2.24) is 0 Å². The van der Waals surface area contributed by atoms with E-state index in [1.165, 1.54) is 16.4 Å². The maximum Gasteiger partial charge on any atom is 0.261 e. The monoisotopic (exact) mass is 398 g/mol. The molecule has 0 atom stereocenters. The summed E-state index contributed by atoms with van der Waals surface area (Å²) < 4.78 is 20.4.